The van der Waals surface area contributed by atoms with Crippen LogP contribution in [-0.4, -0.2) is 24.9 Å². The van der Waals surface area contributed by atoms with Gasteiger partial charge in [-0.2, -0.15) is 0 Å². The van der Waals surface area contributed by atoms with Gasteiger partial charge in [-0.1, -0.05) is 43.8 Å². The molecule has 3 aromatic rings. The topological polar surface area (TPSA) is 52.2 Å². The molecule has 0 aliphatic heterocycles. The fraction of sp³-hybridized carbons (Fsp3) is 0.312. The molecule has 22 heavy (non-hydrogen) atoms. The SMILES string of the molecule is C=CCn1c(=O)c2ccccc2n2c(SCC(C)C)nnc12. The summed E-state index contributed by atoms with van der Waals surface area (Å²) in [6.45, 7) is 8.48. The summed E-state index contributed by atoms with van der Waals surface area (Å²) in [5, 5.41) is 10.0. The number of hydrogen-bond acceptors (Lipinski definition) is 4. The van der Waals surface area contributed by atoms with Gasteiger partial charge in [0, 0.05) is 12.3 Å². The average Bonchev–Trinajstić information content (AvgIpc) is 2.93. The third-order valence-electron chi connectivity index (χ3n) is 3.34. The average molecular weight is 314 g/mol. The minimum absolute atomic E-state index is 0.0594. The quantitative estimate of drug-likeness (QED) is 0.537. The zero-order valence-corrected chi connectivity index (χ0v) is 13.5. The van der Waals surface area contributed by atoms with Crippen molar-refractivity contribution >= 4 is 28.4 Å². The van der Waals surface area contributed by atoms with Crippen LogP contribution in [0.15, 0.2) is 46.9 Å². The molecule has 1 aromatic carbocycles. The largest absolute Gasteiger partial charge is 0.272 e. The Morgan fingerprint density at radius 3 is 2.82 bits per heavy atom. The second-order valence-electron chi connectivity index (χ2n) is 5.54. The highest BCUT2D eigenvalue weighted by Crippen LogP contribution is 2.23. The maximum absolute atomic E-state index is 12.6. The van der Waals surface area contributed by atoms with E-state index in [0.29, 0.717) is 23.6 Å². The van der Waals surface area contributed by atoms with E-state index in [1.807, 2.05) is 28.7 Å². The first kappa shape index (κ1) is 14.8. The van der Waals surface area contributed by atoms with Gasteiger partial charge in [0.15, 0.2) is 5.16 Å². The molecular weight excluding hydrogens is 296 g/mol. The van der Waals surface area contributed by atoms with Crippen LogP contribution in [0.2, 0.25) is 0 Å². The van der Waals surface area contributed by atoms with Gasteiger partial charge in [-0.05, 0) is 18.1 Å². The van der Waals surface area contributed by atoms with Gasteiger partial charge in [-0.3, -0.25) is 13.8 Å². The van der Waals surface area contributed by atoms with Crippen molar-refractivity contribution in [3.63, 3.8) is 0 Å². The van der Waals surface area contributed by atoms with Crippen LogP contribution < -0.4 is 5.56 Å². The number of hydrogen-bond donors (Lipinski definition) is 0. The third kappa shape index (κ3) is 2.43. The first-order valence-corrected chi connectivity index (χ1v) is 8.22. The monoisotopic (exact) mass is 314 g/mol. The number of benzene rings is 1. The Bertz CT molecular complexity index is 894. The highest BCUT2D eigenvalue weighted by molar-refractivity contribution is 7.99. The summed E-state index contributed by atoms with van der Waals surface area (Å²) in [7, 11) is 0. The highest BCUT2D eigenvalue weighted by atomic mass is 32.2. The molecule has 0 amide bonds. The van der Waals surface area contributed by atoms with Crippen LogP contribution in [0, 0.1) is 5.92 Å². The van der Waals surface area contributed by atoms with E-state index in [2.05, 4.69) is 30.6 Å². The van der Waals surface area contributed by atoms with E-state index < -0.39 is 0 Å². The Labute approximate surface area is 132 Å². The van der Waals surface area contributed by atoms with Gasteiger partial charge in [0.25, 0.3) is 5.56 Å². The summed E-state index contributed by atoms with van der Waals surface area (Å²) in [5.74, 6) is 2.08. The minimum atomic E-state index is -0.0594. The normalized spacial score (nSPS) is 11.6. The van der Waals surface area contributed by atoms with Crippen molar-refractivity contribution in [2.24, 2.45) is 5.92 Å². The lowest BCUT2D eigenvalue weighted by Crippen LogP contribution is -2.22. The van der Waals surface area contributed by atoms with Gasteiger partial charge in [0.2, 0.25) is 5.78 Å². The summed E-state index contributed by atoms with van der Waals surface area (Å²) < 4.78 is 3.58. The summed E-state index contributed by atoms with van der Waals surface area (Å²) in [6, 6.07) is 7.58. The van der Waals surface area contributed by atoms with Crippen molar-refractivity contribution < 1.29 is 0 Å². The van der Waals surface area contributed by atoms with E-state index in [0.717, 1.165) is 16.4 Å². The van der Waals surface area contributed by atoms with Crippen molar-refractivity contribution in [2.75, 3.05) is 5.75 Å². The number of fused-ring (bicyclic) bond motifs is 3. The van der Waals surface area contributed by atoms with Crippen molar-refractivity contribution in [1.82, 2.24) is 19.2 Å². The molecule has 0 spiro atoms. The lowest BCUT2D eigenvalue weighted by molar-refractivity contribution is 0.746. The predicted molar refractivity (Wildman–Crippen MR) is 90.5 cm³/mol. The van der Waals surface area contributed by atoms with E-state index in [1.165, 1.54) is 0 Å². The van der Waals surface area contributed by atoms with Gasteiger partial charge in [-0.25, -0.2) is 0 Å². The smallest absolute Gasteiger partial charge is 0.263 e. The molecule has 0 fully saturated rings. The molecule has 3 rings (SSSR count). The molecule has 0 saturated heterocycles. The second kappa shape index (κ2) is 5.96. The summed E-state index contributed by atoms with van der Waals surface area (Å²) >= 11 is 1.66. The van der Waals surface area contributed by atoms with Crippen molar-refractivity contribution in [2.45, 2.75) is 25.5 Å². The van der Waals surface area contributed by atoms with E-state index in [4.69, 9.17) is 0 Å². The maximum Gasteiger partial charge on any atom is 0.263 e. The molecule has 6 heteroatoms. The fourth-order valence-electron chi connectivity index (χ4n) is 2.36. The molecule has 0 aliphatic carbocycles. The Kier molecular flexibility index (Phi) is 4.02. The van der Waals surface area contributed by atoms with Crippen LogP contribution in [-0.2, 0) is 6.54 Å². The van der Waals surface area contributed by atoms with E-state index in [9.17, 15) is 4.79 Å². The van der Waals surface area contributed by atoms with Crippen molar-refractivity contribution in [3.05, 3.63) is 47.3 Å². The summed E-state index contributed by atoms with van der Waals surface area (Å²) in [6.07, 6.45) is 1.70. The molecule has 0 aliphatic rings. The molecule has 2 heterocycles. The molecule has 114 valence electrons. The number of aromatic nitrogens is 4. The molecule has 5 nitrogen and oxygen atoms in total. The number of allylic oxidation sites excluding steroid dienone is 1. The summed E-state index contributed by atoms with van der Waals surface area (Å²) in [4.78, 5) is 12.6. The molecular formula is C16H18N4OS. The molecule has 0 N–H and O–H groups in total. The second-order valence-corrected chi connectivity index (χ2v) is 6.53. The van der Waals surface area contributed by atoms with Crippen LogP contribution in [0.25, 0.3) is 16.7 Å². The van der Waals surface area contributed by atoms with Crippen LogP contribution in [0.5, 0.6) is 0 Å². The van der Waals surface area contributed by atoms with E-state index >= 15 is 0 Å². The summed E-state index contributed by atoms with van der Waals surface area (Å²) in [5.41, 5.74) is 0.787. The Balaban J connectivity index is 2.33. The molecule has 0 unspecified atom stereocenters. The molecule has 0 bridgehead atoms. The zero-order valence-electron chi connectivity index (χ0n) is 12.7. The first-order chi connectivity index (χ1) is 10.6. The van der Waals surface area contributed by atoms with Crippen LogP contribution >= 0.6 is 11.8 Å². The van der Waals surface area contributed by atoms with Gasteiger partial charge in [-0.15, -0.1) is 16.8 Å². The fourth-order valence-corrected chi connectivity index (χ4v) is 3.25. The number of thioether (sulfide) groups is 1. The van der Waals surface area contributed by atoms with Crippen LogP contribution in [0.4, 0.5) is 0 Å². The Morgan fingerprint density at radius 2 is 2.09 bits per heavy atom. The molecule has 0 saturated carbocycles. The lowest BCUT2D eigenvalue weighted by atomic mass is 10.2. The molecule has 2 aromatic heterocycles. The number of para-hydroxylation sites is 1. The zero-order chi connectivity index (χ0) is 15.7. The Hall–Kier alpha value is -2.08. The van der Waals surface area contributed by atoms with Crippen LogP contribution in [0.3, 0.4) is 0 Å². The molecule has 0 atom stereocenters. The minimum Gasteiger partial charge on any atom is -0.272 e. The lowest BCUT2D eigenvalue weighted by Gasteiger charge is -2.10. The van der Waals surface area contributed by atoms with E-state index in [1.54, 1.807) is 22.4 Å². The Morgan fingerprint density at radius 1 is 1.32 bits per heavy atom. The standard InChI is InChI=1S/C16H18N4OS/c1-4-9-19-14(21)12-7-5-6-8-13(12)20-15(19)17-18-16(20)22-10-11(2)3/h4-8,11H,1,9-10H2,2-3H3. The van der Waals surface area contributed by atoms with Gasteiger partial charge < -0.3 is 0 Å². The number of rotatable bonds is 5. The predicted octanol–water partition coefficient (Wildman–Crippen LogP) is 2.98. The van der Waals surface area contributed by atoms with E-state index in [-0.39, 0.29) is 5.56 Å². The highest BCUT2D eigenvalue weighted by Gasteiger charge is 2.16. The first-order valence-electron chi connectivity index (χ1n) is 7.24. The van der Waals surface area contributed by atoms with Gasteiger partial charge in [0.1, 0.15) is 0 Å². The van der Waals surface area contributed by atoms with Gasteiger partial charge >= 0.3 is 0 Å². The number of nitrogens with zero attached hydrogens (tertiary/aromatic N) is 4. The molecule has 0 radical (unpaired) electrons. The third-order valence-corrected chi connectivity index (χ3v) is 4.69. The van der Waals surface area contributed by atoms with Crippen molar-refractivity contribution in [3.8, 4) is 0 Å². The van der Waals surface area contributed by atoms with Crippen LogP contribution in [0.1, 0.15) is 13.8 Å². The van der Waals surface area contributed by atoms with Gasteiger partial charge in [0.05, 0.1) is 10.9 Å². The van der Waals surface area contributed by atoms with Crippen molar-refractivity contribution in [1.29, 1.82) is 0 Å². The maximum atomic E-state index is 12.6.